The van der Waals surface area contributed by atoms with Crippen molar-refractivity contribution in [2.24, 2.45) is 5.41 Å². The molecule has 0 N–H and O–H groups in total. The molecule has 1 atom stereocenters. The number of carbonyl (C=O) groups is 2. The molecule has 0 spiro atoms. The molecule has 0 aliphatic rings. The lowest BCUT2D eigenvalue weighted by Crippen LogP contribution is -2.38. The standard InChI is InChI=1S/C11H19ClO3/c1-10(2,3)8(12)7(13)9(14)15-11(4,5)6/h8H,1-6H3. The quantitative estimate of drug-likeness (QED) is 0.419. The molecule has 0 saturated heterocycles. The van der Waals surface area contributed by atoms with Crippen molar-refractivity contribution in [2.75, 3.05) is 0 Å². The lowest BCUT2D eigenvalue weighted by Gasteiger charge is -2.25. The van der Waals surface area contributed by atoms with E-state index in [4.69, 9.17) is 16.3 Å². The maximum atomic E-state index is 11.6. The van der Waals surface area contributed by atoms with Gasteiger partial charge >= 0.3 is 5.97 Å². The van der Waals surface area contributed by atoms with Gasteiger partial charge in [0.25, 0.3) is 5.78 Å². The van der Waals surface area contributed by atoms with E-state index in [1.165, 1.54) is 0 Å². The third-order valence-electron chi connectivity index (χ3n) is 1.59. The molecule has 1 unspecified atom stereocenters. The number of ketones is 1. The van der Waals surface area contributed by atoms with Crippen LogP contribution in [0.3, 0.4) is 0 Å². The molecule has 0 saturated carbocycles. The van der Waals surface area contributed by atoms with Crippen molar-refractivity contribution in [3.63, 3.8) is 0 Å². The SMILES string of the molecule is CC(C)(C)OC(=O)C(=O)C(Cl)C(C)(C)C. The molecule has 0 heterocycles. The molecule has 0 aliphatic heterocycles. The van der Waals surface area contributed by atoms with E-state index in [-0.39, 0.29) is 0 Å². The second-order valence-electron chi connectivity index (χ2n) is 5.59. The van der Waals surface area contributed by atoms with Gasteiger partial charge in [0.15, 0.2) is 0 Å². The van der Waals surface area contributed by atoms with Crippen molar-refractivity contribution in [1.82, 2.24) is 0 Å². The first-order valence-corrected chi connectivity index (χ1v) is 5.30. The fourth-order valence-corrected chi connectivity index (χ4v) is 0.914. The maximum Gasteiger partial charge on any atom is 0.376 e. The first-order chi connectivity index (χ1) is 6.45. The Hall–Kier alpha value is -0.570. The molecule has 0 rings (SSSR count). The Morgan fingerprint density at radius 3 is 1.73 bits per heavy atom. The molecule has 88 valence electrons. The second-order valence-corrected chi connectivity index (χ2v) is 6.03. The maximum absolute atomic E-state index is 11.6. The zero-order valence-electron chi connectivity index (χ0n) is 10.2. The second kappa shape index (κ2) is 4.52. The third-order valence-corrected chi connectivity index (χ3v) is 2.44. The topological polar surface area (TPSA) is 43.4 Å². The van der Waals surface area contributed by atoms with Crippen LogP contribution in [-0.2, 0) is 14.3 Å². The number of rotatable bonds is 2. The summed E-state index contributed by atoms with van der Waals surface area (Å²) in [6.07, 6.45) is 0. The molecule has 0 aromatic rings. The van der Waals surface area contributed by atoms with Crippen molar-refractivity contribution < 1.29 is 14.3 Å². The summed E-state index contributed by atoms with van der Waals surface area (Å²) in [6, 6.07) is 0. The molecule has 0 aromatic heterocycles. The van der Waals surface area contributed by atoms with Gasteiger partial charge in [-0.15, -0.1) is 11.6 Å². The van der Waals surface area contributed by atoms with Gasteiger partial charge < -0.3 is 4.74 Å². The largest absolute Gasteiger partial charge is 0.454 e. The van der Waals surface area contributed by atoms with Gasteiger partial charge in [-0.2, -0.15) is 0 Å². The van der Waals surface area contributed by atoms with Crippen molar-refractivity contribution >= 4 is 23.4 Å². The molecule has 0 radical (unpaired) electrons. The van der Waals surface area contributed by atoms with E-state index in [1.54, 1.807) is 41.5 Å². The third kappa shape index (κ3) is 5.17. The normalized spacial score (nSPS) is 14.6. The molecule has 0 fully saturated rings. The van der Waals surface area contributed by atoms with Crippen LogP contribution in [0, 0.1) is 5.41 Å². The Labute approximate surface area is 96.1 Å². The molecule has 4 heteroatoms. The van der Waals surface area contributed by atoms with E-state index in [0.717, 1.165) is 0 Å². The zero-order valence-corrected chi connectivity index (χ0v) is 10.9. The number of hydrogen-bond donors (Lipinski definition) is 0. The van der Waals surface area contributed by atoms with Crippen LogP contribution >= 0.6 is 11.6 Å². The van der Waals surface area contributed by atoms with Gasteiger partial charge in [0.1, 0.15) is 11.0 Å². The van der Waals surface area contributed by atoms with E-state index in [9.17, 15) is 9.59 Å². The van der Waals surface area contributed by atoms with E-state index < -0.39 is 28.1 Å². The van der Waals surface area contributed by atoms with Gasteiger partial charge in [-0.25, -0.2) is 4.79 Å². The Morgan fingerprint density at radius 2 is 1.47 bits per heavy atom. The van der Waals surface area contributed by atoms with Gasteiger partial charge in [-0.3, -0.25) is 4.79 Å². The number of hydrogen-bond acceptors (Lipinski definition) is 3. The summed E-state index contributed by atoms with van der Waals surface area (Å²) in [5.41, 5.74) is -1.11. The van der Waals surface area contributed by atoms with Gasteiger partial charge in [0.05, 0.1) is 0 Å². The number of carbonyl (C=O) groups excluding carboxylic acids is 2. The van der Waals surface area contributed by atoms with E-state index in [0.29, 0.717) is 0 Å². The van der Waals surface area contributed by atoms with E-state index in [1.807, 2.05) is 0 Å². The zero-order chi connectivity index (χ0) is 12.4. The van der Waals surface area contributed by atoms with Gasteiger partial charge in [0.2, 0.25) is 0 Å². The number of halogens is 1. The molecule has 15 heavy (non-hydrogen) atoms. The van der Waals surface area contributed by atoms with Crippen LogP contribution in [0.5, 0.6) is 0 Å². The summed E-state index contributed by atoms with van der Waals surface area (Å²) < 4.78 is 4.94. The summed E-state index contributed by atoms with van der Waals surface area (Å²) in [4.78, 5) is 23.0. The number of alkyl halides is 1. The molecular formula is C11H19ClO3. The van der Waals surface area contributed by atoms with Crippen molar-refractivity contribution in [3.8, 4) is 0 Å². The predicted molar refractivity (Wildman–Crippen MR) is 59.9 cm³/mol. The summed E-state index contributed by atoms with van der Waals surface area (Å²) in [7, 11) is 0. The summed E-state index contributed by atoms with van der Waals surface area (Å²) in [6.45, 7) is 10.5. The lowest BCUT2D eigenvalue weighted by atomic mass is 9.89. The number of esters is 1. The van der Waals surface area contributed by atoms with Crippen molar-refractivity contribution in [1.29, 1.82) is 0 Å². The monoisotopic (exact) mass is 234 g/mol. The fraction of sp³-hybridized carbons (Fsp3) is 0.818. The number of Topliss-reactive ketones (excluding diaryl/α,β-unsaturated/α-hetero) is 1. The van der Waals surface area contributed by atoms with Crippen LogP contribution in [0.15, 0.2) is 0 Å². The highest BCUT2D eigenvalue weighted by atomic mass is 35.5. The predicted octanol–water partition coefficient (Wildman–Crippen LogP) is 2.55. The highest BCUT2D eigenvalue weighted by Crippen LogP contribution is 2.25. The fourth-order valence-electron chi connectivity index (χ4n) is 0.825. The smallest absolute Gasteiger partial charge is 0.376 e. The molecule has 0 bridgehead atoms. The van der Waals surface area contributed by atoms with Gasteiger partial charge in [0, 0.05) is 0 Å². The van der Waals surface area contributed by atoms with Crippen molar-refractivity contribution in [2.45, 2.75) is 52.5 Å². The van der Waals surface area contributed by atoms with Crippen LogP contribution in [0.25, 0.3) is 0 Å². The first kappa shape index (κ1) is 14.4. The Balaban J connectivity index is 4.54. The molecule has 3 nitrogen and oxygen atoms in total. The molecule has 0 amide bonds. The van der Waals surface area contributed by atoms with Crippen LogP contribution in [-0.4, -0.2) is 22.7 Å². The molecule has 0 aliphatic carbocycles. The van der Waals surface area contributed by atoms with E-state index in [2.05, 4.69) is 0 Å². The lowest BCUT2D eigenvalue weighted by molar-refractivity contribution is -0.163. The average Bonchev–Trinajstić information content (AvgIpc) is 1.96. The summed E-state index contributed by atoms with van der Waals surface area (Å²) in [5, 5.41) is -0.854. The summed E-state index contributed by atoms with van der Waals surface area (Å²) >= 11 is 5.88. The Morgan fingerprint density at radius 1 is 1.07 bits per heavy atom. The minimum Gasteiger partial charge on any atom is -0.454 e. The highest BCUT2D eigenvalue weighted by Gasteiger charge is 2.35. The summed E-state index contributed by atoms with van der Waals surface area (Å²) in [5.74, 6) is -1.54. The Kier molecular flexibility index (Phi) is 4.35. The van der Waals surface area contributed by atoms with Crippen molar-refractivity contribution in [3.05, 3.63) is 0 Å². The molecule has 0 aromatic carbocycles. The minimum atomic E-state index is -0.863. The highest BCUT2D eigenvalue weighted by molar-refractivity contribution is 6.48. The van der Waals surface area contributed by atoms with Crippen LogP contribution < -0.4 is 0 Å². The van der Waals surface area contributed by atoms with Crippen LogP contribution in [0.4, 0.5) is 0 Å². The van der Waals surface area contributed by atoms with Crippen LogP contribution in [0.1, 0.15) is 41.5 Å². The van der Waals surface area contributed by atoms with Crippen LogP contribution in [0.2, 0.25) is 0 Å². The molecular weight excluding hydrogens is 216 g/mol. The van der Waals surface area contributed by atoms with Gasteiger partial charge in [-0.05, 0) is 26.2 Å². The van der Waals surface area contributed by atoms with Gasteiger partial charge in [-0.1, -0.05) is 20.8 Å². The van der Waals surface area contributed by atoms with E-state index >= 15 is 0 Å². The number of ether oxygens (including phenoxy) is 1. The Bertz CT molecular complexity index is 258. The first-order valence-electron chi connectivity index (χ1n) is 4.86. The minimum absolute atomic E-state index is 0.449. The average molecular weight is 235 g/mol.